The summed E-state index contributed by atoms with van der Waals surface area (Å²) in [6.45, 7) is 1.20. The zero-order chi connectivity index (χ0) is 17.6. The third kappa shape index (κ3) is 4.31. The van der Waals surface area contributed by atoms with E-state index in [1.165, 1.54) is 15.6 Å². The minimum absolute atomic E-state index is 0.0599. The van der Waals surface area contributed by atoms with E-state index in [9.17, 15) is 4.79 Å². The Morgan fingerprint density at radius 3 is 2.68 bits per heavy atom. The van der Waals surface area contributed by atoms with Gasteiger partial charge in [0.15, 0.2) is 0 Å². The van der Waals surface area contributed by atoms with E-state index in [2.05, 4.69) is 35.0 Å². The molecule has 0 fully saturated rings. The molecular formula is C20H22N2O2S. The summed E-state index contributed by atoms with van der Waals surface area (Å²) in [6.07, 6.45) is 0.839. The molecule has 4 nitrogen and oxygen atoms in total. The maximum Gasteiger partial charge on any atom is 0.317 e. The molecule has 0 bridgehead atoms. The minimum atomic E-state index is -0.0599. The summed E-state index contributed by atoms with van der Waals surface area (Å²) in [5.41, 5.74) is 2.36. The highest BCUT2D eigenvalue weighted by molar-refractivity contribution is 7.17. The molecular weight excluding hydrogens is 332 g/mol. The Bertz CT molecular complexity index is 842. The maximum atomic E-state index is 12.3. The van der Waals surface area contributed by atoms with Crippen molar-refractivity contribution >= 4 is 27.5 Å². The van der Waals surface area contributed by atoms with Crippen LogP contribution < -0.4 is 10.1 Å². The third-order valence-corrected chi connectivity index (χ3v) is 5.17. The van der Waals surface area contributed by atoms with Crippen LogP contribution in [0.4, 0.5) is 4.79 Å². The van der Waals surface area contributed by atoms with Crippen molar-refractivity contribution in [2.45, 2.75) is 13.0 Å². The molecule has 1 aromatic heterocycles. The summed E-state index contributed by atoms with van der Waals surface area (Å²) in [7, 11) is 3.45. The van der Waals surface area contributed by atoms with Gasteiger partial charge in [0.05, 0.1) is 7.11 Å². The van der Waals surface area contributed by atoms with Crippen LogP contribution in [0.5, 0.6) is 5.75 Å². The summed E-state index contributed by atoms with van der Waals surface area (Å²) in [6, 6.07) is 16.1. The molecule has 3 aromatic rings. The first kappa shape index (κ1) is 17.3. The molecule has 0 aliphatic heterocycles. The normalized spacial score (nSPS) is 10.6. The largest absolute Gasteiger partial charge is 0.497 e. The molecule has 2 amide bonds. The van der Waals surface area contributed by atoms with Gasteiger partial charge >= 0.3 is 6.03 Å². The number of carbonyl (C=O) groups excluding carboxylic acids is 1. The van der Waals surface area contributed by atoms with E-state index in [1.807, 2.05) is 24.3 Å². The van der Waals surface area contributed by atoms with Crippen LogP contribution in [0, 0.1) is 0 Å². The van der Waals surface area contributed by atoms with Crippen LogP contribution in [-0.2, 0) is 13.0 Å². The van der Waals surface area contributed by atoms with Crippen molar-refractivity contribution in [3.8, 4) is 5.75 Å². The second-order valence-corrected chi connectivity index (χ2v) is 6.85. The van der Waals surface area contributed by atoms with E-state index >= 15 is 0 Å². The predicted octanol–water partition coefficient (Wildman–Crippen LogP) is 4.29. The van der Waals surface area contributed by atoms with Gasteiger partial charge in [0.1, 0.15) is 5.75 Å². The van der Waals surface area contributed by atoms with Gasteiger partial charge in [0.25, 0.3) is 0 Å². The fraction of sp³-hybridized carbons (Fsp3) is 0.250. The van der Waals surface area contributed by atoms with Gasteiger partial charge in [-0.1, -0.05) is 30.3 Å². The number of urea groups is 1. The Morgan fingerprint density at radius 2 is 1.92 bits per heavy atom. The van der Waals surface area contributed by atoms with Gasteiger partial charge in [0, 0.05) is 24.8 Å². The van der Waals surface area contributed by atoms with Crippen LogP contribution in [0.2, 0.25) is 0 Å². The summed E-state index contributed by atoms with van der Waals surface area (Å²) < 4.78 is 6.44. The minimum Gasteiger partial charge on any atom is -0.497 e. The van der Waals surface area contributed by atoms with Crippen molar-refractivity contribution in [1.82, 2.24) is 10.2 Å². The predicted molar refractivity (Wildman–Crippen MR) is 103 cm³/mol. The Morgan fingerprint density at radius 1 is 1.16 bits per heavy atom. The first-order valence-corrected chi connectivity index (χ1v) is 9.12. The molecule has 130 valence electrons. The number of carbonyl (C=O) groups is 1. The van der Waals surface area contributed by atoms with Crippen molar-refractivity contribution in [1.29, 1.82) is 0 Å². The fourth-order valence-corrected chi connectivity index (χ4v) is 3.74. The first-order chi connectivity index (χ1) is 12.2. The highest BCUT2D eigenvalue weighted by atomic mass is 32.1. The number of hydrogen-bond acceptors (Lipinski definition) is 3. The summed E-state index contributed by atoms with van der Waals surface area (Å²) in [5.74, 6) is 0.818. The SMILES string of the molecule is COc1ccc(CN(C)C(=O)NCCc2csc3ccccc23)cc1. The average molecular weight is 354 g/mol. The summed E-state index contributed by atoms with van der Waals surface area (Å²) >= 11 is 1.75. The van der Waals surface area contributed by atoms with Crippen LogP contribution in [0.3, 0.4) is 0 Å². The molecule has 1 heterocycles. The standard InChI is InChI=1S/C20H22N2O2S/c1-22(13-15-7-9-17(24-2)10-8-15)20(23)21-12-11-16-14-25-19-6-4-3-5-18(16)19/h3-10,14H,11-13H2,1-2H3,(H,21,23). The van der Waals surface area contributed by atoms with Crippen LogP contribution in [-0.4, -0.2) is 31.6 Å². The van der Waals surface area contributed by atoms with Crippen molar-refractivity contribution in [3.05, 3.63) is 65.0 Å². The number of amides is 2. The Kier molecular flexibility index (Phi) is 5.56. The zero-order valence-corrected chi connectivity index (χ0v) is 15.3. The Balaban J connectivity index is 1.49. The van der Waals surface area contributed by atoms with Gasteiger partial charge in [-0.25, -0.2) is 4.79 Å². The first-order valence-electron chi connectivity index (χ1n) is 8.24. The van der Waals surface area contributed by atoms with Gasteiger partial charge in [-0.2, -0.15) is 0 Å². The van der Waals surface area contributed by atoms with Gasteiger partial charge in [0.2, 0.25) is 0 Å². The van der Waals surface area contributed by atoms with E-state index in [4.69, 9.17) is 4.74 Å². The van der Waals surface area contributed by atoms with Crippen molar-refractivity contribution in [3.63, 3.8) is 0 Å². The number of fused-ring (bicyclic) bond motifs is 1. The average Bonchev–Trinajstić information content (AvgIpc) is 3.05. The molecule has 0 atom stereocenters. The van der Waals surface area contributed by atoms with Crippen LogP contribution in [0.1, 0.15) is 11.1 Å². The lowest BCUT2D eigenvalue weighted by Gasteiger charge is -2.18. The van der Waals surface area contributed by atoms with Crippen molar-refractivity contribution < 1.29 is 9.53 Å². The molecule has 0 saturated heterocycles. The number of thiophene rings is 1. The lowest BCUT2D eigenvalue weighted by atomic mass is 10.1. The number of methoxy groups -OCH3 is 1. The molecule has 3 rings (SSSR count). The molecule has 5 heteroatoms. The van der Waals surface area contributed by atoms with E-state index < -0.39 is 0 Å². The number of nitrogens with zero attached hydrogens (tertiary/aromatic N) is 1. The Hall–Kier alpha value is -2.53. The second kappa shape index (κ2) is 8.03. The van der Waals surface area contributed by atoms with Gasteiger partial charge in [-0.15, -0.1) is 11.3 Å². The monoisotopic (exact) mass is 354 g/mol. The van der Waals surface area contributed by atoms with E-state index in [1.54, 1.807) is 30.4 Å². The molecule has 0 aliphatic carbocycles. The summed E-state index contributed by atoms with van der Waals surface area (Å²) in [4.78, 5) is 13.9. The quantitative estimate of drug-likeness (QED) is 0.717. The van der Waals surface area contributed by atoms with Crippen LogP contribution >= 0.6 is 11.3 Å². The van der Waals surface area contributed by atoms with Crippen LogP contribution in [0.25, 0.3) is 10.1 Å². The molecule has 1 N–H and O–H groups in total. The molecule has 2 aromatic carbocycles. The van der Waals surface area contributed by atoms with Gasteiger partial charge < -0.3 is 15.0 Å². The van der Waals surface area contributed by atoms with Gasteiger partial charge in [-0.05, 0) is 46.5 Å². The number of benzene rings is 2. The number of hydrogen-bond donors (Lipinski definition) is 1. The third-order valence-electron chi connectivity index (χ3n) is 4.16. The molecule has 0 radical (unpaired) electrons. The smallest absolute Gasteiger partial charge is 0.317 e. The molecule has 25 heavy (non-hydrogen) atoms. The maximum absolute atomic E-state index is 12.3. The molecule has 0 unspecified atom stereocenters. The molecule has 0 aliphatic rings. The van der Waals surface area contributed by atoms with Gasteiger partial charge in [-0.3, -0.25) is 0 Å². The topological polar surface area (TPSA) is 41.6 Å². The van der Waals surface area contributed by atoms with E-state index in [0.29, 0.717) is 13.1 Å². The highest BCUT2D eigenvalue weighted by Gasteiger charge is 2.09. The van der Waals surface area contributed by atoms with E-state index in [0.717, 1.165) is 17.7 Å². The lowest BCUT2D eigenvalue weighted by molar-refractivity contribution is 0.207. The number of rotatable bonds is 6. The van der Waals surface area contributed by atoms with Crippen molar-refractivity contribution in [2.75, 3.05) is 20.7 Å². The van der Waals surface area contributed by atoms with Crippen molar-refractivity contribution in [2.24, 2.45) is 0 Å². The second-order valence-electron chi connectivity index (χ2n) is 5.94. The number of nitrogens with one attached hydrogen (secondary N) is 1. The summed E-state index contributed by atoms with van der Waals surface area (Å²) in [5, 5.41) is 6.46. The van der Waals surface area contributed by atoms with Crippen LogP contribution in [0.15, 0.2) is 53.9 Å². The molecule has 0 saturated carbocycles. The highest BCUT2D eigenvalue weighted by Crippen LogP contribution is 2.25. The number of ether oxygens (including phenoxy) is 1. The lowest BCUT2D eigenvalue weighted by Crippen LogP contribution is -2.37. The fourth-order valence-electron chi connectivity index (χ4n) is 2.74. The molecule has 0 spiro atoms. The zero-order valence-electron chi connectivity index (χ0n) is 14.5. The Labute approximate surface area is 152 Å². The van der Waals surface area contributed by atoms with E-state index in [-0.39, 0.29) is 6.03 Å².